The number of benzene rings is 1. The third-order valence-corrected chi connectivity index (χ3v) is 4.59. The van der Waals surface area contributed by atoms with Gasteiger partial charge < -0.3 is 10.4 Å². The number of aliphatic hydroxyl groups is 1. The Morgan fingerprint density at radius 3 is 2.65 bits per heavy atom. The monoisotopic (exact) mass is 295 g/mol. The summed E-state index contributed by atoms with van der Waals surface area (Å²) in [5.41, 5.74) is 2.54. The van der Waals surface area contributed by atoms with Crippen LogP contribution < -0.4 is 5.32 Å². The summed E-state index contributed by atoms with van der Waals surface area (Å²) in [5.74, 6) is 0.340. The van der Waals surface area contributed by atoms with Gasteiger partial charge in [-0.05, 0) is 41.0 Å². The second kappa shape index (κ2) is 5.38. The van der Waals surface area contributed by atoms with E-state index in [1.54, 1.807) is 6.07 Å². The van der Waals surface area contributed by atoms with E-state index in [1.165, 1.54) is 0 Å². The number of nitrogens with one attached hydrogen (secondary N) is 1. The minimum absolute atomic E-state index is 0.0224. The molecule has 0 aliphatic carbocycles. The van der Waals surface area contributed by atoms with Crippen LogP contribution >= 0.6 is 11.6 Å². The lowest BCUT2D eigenvalue weighted by molar-refractivity contribution is -0.115. The zero-order chi connectivity index (χ0) is 15.1. The molecule has 0 aromatic heterocycles. The van der Waals surface area contributed by atoms with Crippen molar-refractivity contribution in [3.05, 3.63) is 28.3 Å². The fraction of sp³-hybridized carbons (Fsp3) is 0.562. The van der Waals surface area contributed by atoms with Gasteiger partial charge in [0, 0.05) is 10.7 Å². The summed E-state index contributed by atoms with van der Waals surface area (Å²) in [4.78, 5) is 11.4. The first-order valence-electron chi connectivity index (χ1n) is 6.98. The number of carbonyl (C=O) groups excluding carboxylic acids is 1. The zero-order valence-electron chi connectivity index (χ0n) is 12.5. The zero-order valence-corrected chi connectivity index (χ0v) is 13.2. The number of rotatable bonds is 3. The molecular formula is C16H22ClNO2. The van der Waals surface area contributed by atoms with Gasteiger partial charge in [-0.2, -0.15) is 0 Å². The fourth-order valence-electron chi connectivity index (χ4n) is 2.34. The van der Waals surface area contributed by atoms with E-state index in [1.807, 2.05) is 6.07 Å². The van der Waals surface area contributed by atoms with E-state index in [0.717, 1.165) is 16.8 Å². The molecule has 2 unspecified atom stereocenters. The van der Waals surface area contributed by atoms with Crippen molar-refractivity contribution in [2.45, 2.75) is 46.6 Å². The lowest BCUT2D eigenvalue weighted by Gasteiger charge is -2.29. The summed E-state index contributed by atoms with van der Waals surface area (Å²) in [6.07, 6.45) is 0.419. The van der Waals surface area contributed by atoms with Crippen molar-refractivity contribution in [2.24, 2.45) is 11.3 Å². The van der Waals surface area contributed by atoms with Crippen molar-refractivity contribution in [1.29, 1.82) is 0 Å². The molecule has 4 heteroatoms. The summed E-state index contributed by atoms with van der Waals surface area (Å²) in [6, 6.07) is 3.59. The van der Waals surface area contributed by atoms with Crippen LogP contribution in [0, 0.1) is 11.3 Å². The molecule has 110 valence electrons. The predicted molar refractivity (Wildman–Crippen MR) is 82.0 cm³/mol. The molecule has 2 N–H and O–H groups in total. The van der Waals surface area contributed by atoms with Gasteiger partial charge in [-0.15, -0.1) is 0 Å². The normalized spacial score (nSPS) is 17.6. The topological polar surface area (TPSA) is 49.3 Å². The van der Waals surface area contributed by atoms with Gasteiger partial charge >= 0.3 is 0 Å². The molecule has 0 saturated carbocycles. The van der Waals surface area contributed by atoms with Gasteiger partial charge in [-0.1, -0.05) is 39.3 Å². The molecule has 2 rings (SSSR count). The van der Waals surface area contributed by atoms with Crippen LogP contribution in [-0.4, -0.2) is 11.0 Å². The van der Waals surface area contributed by atoms with Crippen LogP contribution in [0.25, 0.3) is 0 Å². The summed E-state index contributed by atoms with van der Waals surface area (Å²) in [6.45, 7) is 8.63. The SMILES string of the molecule is CC(CC(O)c1cc2c(cc1Cl)NC(=O)C2)C(C)(C)C. The van der Waals surface area contributed by atoms with Crippen molar-refractivity contribution >= 4 is 23.2 Å². The number of fused-ring (bicyclic) bond motifs is 1. The summed E-state index contributed by atoms with van der Waals surface area (Å²) in [5, 5.41) is 13.7. The molecule has 0 bridgehead atoms. The van der Waals surface area contributed by atoms with Gasteiger partial charge in [0.2, 0.25) is 5.91 Å². The minimum Gasteiger partial charge on any atom is -0.388 e. The van der Waals surface area contributed by atoms with Crippen LogP contribution in [0.3, 0.4) is 0 Å². The summed E-state index contributed by atoms with van der Waals surface area (Å²) in [7, 11) is 0. The standard InChI is InChI=1S/C16H22ClNO2/c1-9(16(2,3)4)5-14(19)11-6-10-7-15(20)18-13(10)8-12(11)17/h6,8-9,14,19H,5,7H2,1-4H3,(H,18,20). The molecule has 0 spiro atoms. The molecule has 0 radical (unpaired) electrons. The Kier molecular flexibility index (Phi) is 4.12. The number of carbonyl (C=O) groups is 1. The molecule has 1 heterocycles. The Labute approximate surface area is 125 Å². The Balaban J connectivity index is 2.21. The molecule has 1 aliphatic heterocycles. The Morgan fingerprint density at radius 2 is 2.05 bits per heavy atom. The number of amides is 1. The average molecular weight is 296 g/mol. The van der Waals surface area contributed by atoms with E-state index in [0.29, 0.717) is 23.8 Å². The van der Waals surface area contributed by atoms with Gasteiger partial charge in [-0.3, -0.25) is 4.79 Å². The van der Waals surface area contributed by atoms with Gasteiger partial charge in [-0.25, -0.2) is 0 Å². The van der Waals surface area contributed by atoms with Crippen molar-refractivity contribution in [3.8, 4) is 0 Å². The van der Waals surface area contributed by atoms with Crippen LogP contribution in [0.5, 0.6) is 0 Å². The lowest BCUT2D eigenvalue weighted by atomic mass is 9.78. The quantitative estimate of drug-likeness (QED) is 0.887. The first kappa shape index (κ1) is 15.3. The highest BCUT2D eigenvalue weighted by Crippen LogP contribution is 2.38. The highest BCUT2D eigenvalue weighted by atomic mass is 35.5. The number of anilines is 1. The van der Waals surface area contributed by atoms with E-state index in [4.69, 9.17) is 11.6 Å². The largest absolute Gasteiger partial charge is 0.388 e. The molecule has 2 atom stereocenters. The molecule has 1 amide bonds. The maximum absolute atomic E-state index is 11.4. The molecule has 1 aromatic rings. The van der Waals surface area contributed by atoms with Gasteiger partial charge in [0.15, 0.2) is 0 Å². The fourth-order valence-corrected chi connectivity index (χ4v) is 2.63. The van der Waals surface area contributed by atoms with E-state index < -0.39 is 6.10 Å². The van der Waals surface area contributed by atoms with Crippen molar-refractivity contribution in [3.63, 3.8) is 0 Å². The smallest absolute Gasteiger partial charge is 0.228 e. The number of halogens is 1. The van der Waals surface area contributed by atoms with Crippen molar-refractivity contribution < 1.29 is 9.90 Å². The van der Waals surface area contributed by atoms with Crippen LogP contribution in [0.2, 0.25) is 5.02 Å². The van der Waals surface area contributed by atoms with Crippen LogP contribution in [0.4, 0.5) is 5.69 Å². The van der Waals surface area contributed by atoms with E-state index >= 15 is 0 Å². The van der Waals surface area contributed by atoms with E-state index in [9.17, 15) is 9.90 Å². The molecule has 3 nitrogen and oxygen atoms in total. The van der Waals surface area contributed by atoms with Crippen LogP contribution in [-0.2, 0) is 11.2 Å². The minimum atomic E-state index is -0.599. The Morgan fingerprint density at radius 1 is 1.40 bits per heavy atom. The number of hydrogen-bond acceptors (Lipinski definition) is 2. The Bertz CT molecular complexity index is 534. The van der Waals surface area contributed by atoms with Gasteiger partial charge in [0.1, 0.15) is 0 Å². The molecule has 0 saturated heterocycles. The predicted octanol–water partition coefficient (Wildman–Crippen LogP) is 3.94. The maximum Gasteiger partial charge on any atom is 0.228 e. The first-order chi connectivity index (χ1) is 9.18. The van der Waals surface area contributed by atoms with Gasteiger partial charge in [0.05, 0.1) is 12.5 Å². The highest BCUT2D eigenvalue weighted by Gasteiger charge is 2.26. The van der Waals surface area contributed by atoms with Crippen LogP contribution in [0.15, 0.2) is 12.1 Å². The molecular weight excluding hydrogens is 274 g/mol. The highest BCUT2D eigenvalue weighted by molar-refractivity contribution is 6.32. The second-order valence-corrected chi connectivity index (χ2v) is 7.18. The van der Waals surface area contributed by atoms with Crippen molar-refractivity contribution in [2.75, 3.05) is 5.32 Å². The molecule has 20 heavy (non-hydrogen) atoms. The van der Waals surface area contributed by atoms with Crippen molar-refractivity contribution in [1.82, 2.24) is 0 Å². The third-order valence-electron chi connectivity index (χ3n) is 4.26. The molecule has 1 aromatic carbocycles. The molecule has 1 aliphatic rings. The van der Waals surface area contributed by atoms with Gasteiger partial charge in [0.25, 0.3) is 0 Å². The van der Waals surface area contributed by atoms with E-state index in [-0.39, 0.29) is 11.3 Å². The maximum atomic E-state index is 11.4. The molecule has 0 fully saturated rings. The number of hydrogen-bond donors (Lipinski definition) is 2. The second-order valence-electron chi connectivity index (χ2n) is 6.77. The average Bonchev–Trinajstić information content (AvgIpc) is 2.65. The van der Waals surface area contributed by atoms with E-state index in [2.05, 4.69) is 33.0 Å². The summed E-state index contributed by atoms with van der Waals surface area (Å²) >= 11 is 6.24. The summed E-state index contributed by atoms with van der Waals surface area (Å²) < 4.78 is 0. The Hall–Kier alpha value is -1.06. The third kappa shape index (κ3) is 3.15. The lowest BCUT2D eigenvalue weighted by Crippen LogP contribution is -2.20. The number of aliphatic hydroxyl groups excluding tert-OH is 1. The first-order valence-corrected chi connectivity index (χ1v) is 7.36. The van der Waals surface area contributed by atoms with Crippen LogP contribution in [0.1, 0.15) is 51.3 Å².